The van der Waals surface area contributed by atoms with Gasteiger partial charge in [0, 0.05) is 19.7 Å². The van der Waals surface area contributed by atoms with E-state index in [2.05, 4.69) is 25.2 Å². The van der Waals surface area contributed by atoms with Crippen LogP contribution < -0.4 is 5.32 Å². The molecule has 1 rings (SSSR count). The Bertz CT molecular complexity index is 419. The van der Waals surface area contributed by atoms with E-state index in [1.54, 1.807) is 0 Å². The lowest BCUT2D eigenvalue weighted by Gasteiger charge is -2.31. The summed E-state index contributed by atoms with van der Waals surface area (Å²) in [5.41, 5.74) is 2.01. The molecule has 0 bridgehead atoms. The maximum absolute atomic E-state index is 9.18. The highest BCUT2D eigenvalue weighted by Crippen LogP contribution is 2.29. The quantitative estimate of drug-likeness (QED) is 0.755. The van der Waals surface area contributed by atoms with Crippen molar-refractivity contribution in [2.45, 2.75) is 39.7 Å². The number of nitrogens with zero attached hydrogens (tertiary/aromatic N) is 1. The van der Waals surface area contributed by atoms with E-state index >= 15 is 0 Å². The highest BCUT2D eigenvalue weighted by Gasteiger charge is 2.24. The lowest BCUT2D eigenvalue weighted by Crippen LogP contribution is -2.34. The van der Waals surface area contributed by atoms with Crippen molar-refractivity contribution in [1.82, 2.24) is 5.32 Å². The molecule has 3 heteroatoms. The van der Waals surface area contributed by atoms with Crippen molar-refractivity contribution in [2.75, 3.05) is 13.2 Å². The van der Waals surface area contributed by atoms with Gasteiger partial charge in [0.25, 0.3) is 0 Å². The van der Waals surface area contributed by atoms with Crippen LogP contribution in [0.1, 0.15) is 44.2 Å². The summed E-state index contributed by atoms with van der Waals surface area (Å²) in [7, 11) is 0. The van der Waals surface area contributed by atoms with Crippen LogP contribution in [0.15, 0.2) is 24.3 Å². The summed E-state index contributed by atoms with van der Waals surface area (Å²) in [6.45, 7) is 6.27. The average Bonchev–Trinajstić information content (AvgIpc) is 2.46. The maximum atomic E-state index is 9.18. The Morgan fingerprint density at radius 1 is 1.32 bits per heavy atom. The largest absolute Gasteiger partial charge is 0.396 e. The molecule has 1 aromatic carbocycles. The van der Waals surface area contributed by atoms with Crippen LogP contribution in [0, 0.1) is 16.7 Å². The van der Waals surface area contributed by atoms with Crippen LogP contribution in [0.4, 0.5) is 0 Å². The van der Waals surface area contributed by atoms with Crippen LogP contribution in [0.5, 0.6) is 0 Å². The van der Waals surface area contributed by atoms with Gasteiger partial charge in [0.15, 0.2) is 0 Å². The Labute approximate surface area is 116 Å². The molecule has 0 aliphatic rings. The third-order valence-corrected chi connectivity index (χ3v) is 4.03. The summed E-state index contributed by atoms with van der Waals surface area (Å²) in [4.78, 5) is 0. The molecule has 0 atom stereocenters. The molecule has 0 aliphatic carbocycles. The molecular formula is C16H24N2O. The minimum Gasteiger partial charge on any atom is -0.396 e. The topological polar surface area (TPSA) is 56.0 Å². The predicted molar refractivity (Wildman–Crippen MR) is 77.6 cm³/mol. The molecule has 0 radical (unpaired) electrons. The zero-order chi connectivity index (χ0) is 14.1. The Kier molecular flexibility index (Phi) is 6.55. The molecule has 0 unspecified atom stereocenters. The van der Waals surface area contributed by atoms with Gasteiger partial charge in [0.1, 0.15) is 0 Å². The van der Waals surface area contributed by atoms with E-state index in [0.717, 1.165) is 37.9 Å². The zero-order valence-corrected chi connectivity index (χ0v) is 11.9. The molecule has 0 spiro atoms. The lowest BCUT2D eigenvalue weighted by molar-refractivity contribution is 0.163. The minimum absolute atomic E-state index is 0.182. The Hall–Kier alpha value is -1.37. The maximum Gasteiger partial charge on any atom is 0.0991 e. The Balaban J connectivity index is 2.54. The molecule has 0 amide bonds. The number of aliphatic hydroxyl groups is 1. The van der Waals surface area contributed by atoms with Crippen molar-refractivity contribution in [3.63, 3.8) is 0 Å². The van der Waals surface area contributed by atoms with E-state index in [9.17, 15) is 5.11 Å². The second-order valence-corrected chi connectivity index (χ2v) is 5.10. The molecule has 104 valence electrons. The number of nitriles is 1. The average molecular weight is 260 g/mol. The fourth-order valence-corrected chi connectivity index (χ4v) is 2.40. The van der Waals surface area contributed by atoms with Gasteiger partial charge in [-0.1, -0.05) is 26.0 Å². The number of nitrogens with one attached hydrogen (secondary N) is 1. The van der Waals surface area contributed by atoms with Gasteiger partial charge >= 0.3 is 0 Å². The number of hydrogen-bond acceptors (Lipinski definition) is 3. The van der Waals surface area contributed by atoms with Crippen molar-refractivity contribution in [1.29, 1.82) is 5.26 Å². The summed E-state index contributed by atoms with van der Waals surface area (Å²) in [6, 6.07) is 9.83. The van der Waals surface area contributed by atoms with Gasteiger partial charge in [0.2, 0.25) is 0 Å². The van der Waals surface area contributed by atoms with Crippen molar-refractivity contribution < 1.29 is 5.11 Å². The molecular weight excluding hydrogens is 236 g/mol. The van der Waals surface area contributed by atoms with Gasteiger partial charge in [-0.25, -0.2) is 0 Å². The van der Waals surface area contributed by atoms with Crippen molar-refractivity contribution >= 4 is 0 Å². The second-order valence-electron chi connectivity index (χ2n) is 5.10. The molecule has 1 aromatic rings. The molecule has 2 N–H and O–H groups in total. The van der Waals surface area contributed by atoms with Crippen LogP contribution >= 0.6 is 0 Å². The van der Waals surface area contributed by atoms with Gasteiger partial charge in [0.05, 0.1) is 11.6 Å². The van der Waals surface area contributed by atoms with Crippen molar-refractivity contribution in [3.8, 4) is 6.07 Å². The van der Waals surface area contributed by atoms with E-state index in [-0.39, 0.29) is 12.0 Å². The first kappa shape index (κ1) is 15.7. The molecule has 0 heterocycles. The fourth-order valence-electron chi connectivity index (χ4n) is 2.40. The molecule has 19 heavy (non-hydrogen) atoms. The summed E-state index contributed by atoms with van der Waals surface area (Å²) >= 11 is 0. The first-order valence-corrected chi connectivity index (χ1v) is 7.00. The SMILES string of the molecule is CCC(CC)(CCO)CNCc1cccc(C#N)c1. The standard InChI is InChI=1S/C16H24N2O/c1-3-16(4-2,8-9-19)13-18-12-15-7-5-6-14(10-15)11-17/h5-7,10,18-19H,3-4,8-9,12-13H2,1-2H3. The monoisotopic (exact) mass is 260 g/mol. The number of hydrogen-bond donors (Lipinski definition) is 2. The molecule has 0 aliphatic heterocycles. The van der Waals surface area contributed by atoms with E-state index in [1.165, 1.54) is 0 Å². The van der Waals surface area contributed by atoms with Crippen LogP contribution in [0.3, 0.4) is 0 Å². The number of aliphatic hydroxyl groups excluding tert-OH is 1. The number of benzene rings is 1. The second kappa shape index (κ2) is 7.93. The summed E-state index contributed by atoms with van der Waals surface area (Å²) in [5.74, 6) is 0. The molecule has 0 saturated heterocycles. The Morgan fingerprint density at radius 3 is 2.63 bits per heavy atom. The van der Waals surface area contributed by atoms with Gasteiger partial charge in [-0.3, -0.25) is 0 Å². The van der Waals surface area contributed by atoms with Gasteiger partial charge in [-0.05, 0) is 42.4 Å². The van der Waals surface area contributed by atoms with Crippen LogP contribution in [0.25, 0.3) is 0 Å². The lowest BCUT2D eigenvalue weighted by atomic mass is 9.79. The fraction of sp³-hybridized carbons (Fsp3) is 0.562. The summed E-state index contributed by atoms with van der Waals surface area (Å²) in [6.07, 6.45) is 2.97. The zero-order valence-electron chi connectivity index (χ0n) is 11.9. The highest BCUT2D eigenvalue weighted by molar-refractivity contribution is 5.32. The number of rotatable bonds is 8. The van der Waals surface area contributed by atoms with Gasteiger partial charge in [-0.15, -0.1) is 0 Å². The molecule has 0 aromatic heterocycles. The molecule has 0 fully saturated rings. The highest BCUT2D eigenvalue weighted by atomic mass is 16.3. The van der Waals surface area contributed by atoms with Crippen molar-refractivity contribution in [2.24, 2.45) is 5.41 Å². The third-order valence-electron chi connectivity index (χ3n) is 4.03. The molecule has 3 nitrogen and oxygen atoms in total. The van der Waals surface area contributed by atoms with Crippen LogP contribution in [-0.2, 0) is 6.54 Å². The summed E-state index contributed by atoms with van der Waals surface area (Å²) < 4.78 is 0. The smallest absolute Gasteiger partial charge is 0.0991 e. The van der Waals surface area contributed by atoms with E-state index in [4.69, 9.17) is 5.26 Å². The first-order chi connectivity index (χ1) is 9.19. The van der Waals surface area contributed by atoms with Crippen LogP contribution in [-0.4, -0.2) is 18.3 Å². The van der Waals surface area contributed by atoms with E-state index in [1.807, 2.05) is 24.3 Å². The van der Waals surface area contributed by atoms with Gasteiger partial charge < -0.3 is 10.4 Å². The summed E-state index contributed by atoms with van der Waals surface area (Å²) in [5, 5.41) is 21.5. The van der Waals surface area contributed by atoms with Gasteiger partial charge in [-0.2, -0.15) is 5.26 Å². The Morgan fingerprint density at radius 2 is 2.05 bits per heavy atom. The normalized spacial score (nSPS) is 11.3. The third kappa shape index (κ3) is 4.66. The van der Waals surface area contributed by atoms with Crippen LogP contribution in [0.2, 0.25) is 0 Å². The predicted octanol–water partition coefficient (Wildman–Crippen LogP) is 2.84. The molecule has 0 saturated carbocycles. The van der Waals surface area contributed by atoms with Crippen molar-refractivity contribution in [3.05, 3.63) is 35.4 Å². The first-order valence-electron chi connectivity index (χ1n) is 7.00. The van der Waals surface area contributed by atoms with E-state index < -0.39 is 0 Å². The van der Waals surface area contributed by atoms with E-state index in [0.29, 0.717) is 5.56 Å². The minimum atomic E-state index is 0.182.